The number of hydrogen-bond acceptors (Lipinski definition) is 3. The number of carbonyl (C=O) groups excluding carboxylic acids is 1. The van der Waals surface area contributed by atoms with Gasteiger partial charge in [-0.15, -0.1) is 0 Å². The highest BCUT2D eigenvalue weighted by molar-refractivity contribution is 5.81. The van der Waals surface area contributed by atoms with E-state index in [9.17, 15) is 4.79 Å². The minimum absolute atomic E-state index is 0.0442. The van der Waals surface area contributed by atoms with Crippen LogP contribution >= 0.6 is 0 Å². The summed E-state index contributed by atoms with van der Waals surface area (Å²) in [5.41, 5.74) is 6.88. The molecular weight excluding hydrogens is 228 g/mol. The Bertz CT molecular complexity index is 354. The van der Waals surface area contributed by atoms with Gasteiger partial charge in [0.05, 0.1) is 12.6 Å². The lowest BCUT2D eigenvalue weighted by molar-refractivity contribution is -0.133. The molecule has 0 saturated carbocycles. The second kappa shape index (κ2) is 7.84. The maximum absolute atomic E-state index is 12.1. The zero-order valence-corrected chi connectivity index (χ0v) is 10.9. The first-order valence-corrected chi connectivity index (χ1v) is 6.38. The Hall–Kier alpha value is -1.39. The summed E-state index contributed by atoms with van der Waals surface area (Å²) in [6.07, 6.45) is 1.56. The van der Waals surface area contributed by atoms with Crippen molar-refractivity contribution in [3.8, 4) is 0 Å². The number of nitrogens with two attached hydrogens (primary N) is 1. The van der Waals surface area contributed by atoms with E-state index in [1.807, 2.05) is 37.3 Å². The molecule has 4 nitrogen and oxygen atoms in total. The first-order chi connectivity index (χ1) is 8.69. The first-order valence-electron chi connectivity index (χ1n) is 6.38. The monoisotopic (exact) mass is 250 g/mol. The highest BCUT2D eigenvalue weighted by Gasteiger charge is 2.19. The Morgan fingerprint density at radius 2 is 2.06 bits per heavy atom. The second-order valence-corrected chi connectivity index (χ2v) is 4.36. The Kier molecular flexibility index (Phi) is 6.39. The van der Waals surface area contributed by atoms with E-state index in [0.29, 0.717) is 19.5 Å². The molecular formula is C14H22N2O2. The van der Waals surface area contributed by atoms with Crippen LogP contribution in [0.5, 0.6) is 0 Å². The SMILES string of the molecule is CCC[C@@H](N)C(=O)N(CCO)Cc1ccccc1. The van der Waals surface area contributed by atoms with Crippen molar-refractivity contribution in [2.24, 2.45) is 5.73 Å². The molecule has 18 heavy (non-hydrogen) atoms. The van der Waals surface area contributed by atoms with Crippen LogP contribution in [0.4, 0.5) is 0 Å². The zero-order chi connectivity index (χ0) is 13.4. The normalized spacial score (nSPS) is 12.2. The van der Waals surface area contributed by atoms with Crippen molar-refractivity contribution < 1.29 is 9.90 Å². The fourth-order valence-corrected chi connectivity index (χ4v) is 1.86. The van der Waals surface area contributed by atoms with Gasteiger partial charge in [0, 0.05) is 13.1 Å². The molecule has 0 spiro atoms. The van der Waals surface area contributed by atoms with E-state index in [0.717, 1.165) is 12.0 Å². The van der Waals surface area contributed by atoms with Crippen LogP contribution < -0.4 is 5.73 Å². The van der Waals surface area contributed by atoms with Crippen LogP contribution in [0.25, 0.3) is 0 Å². The second-order valence-electron chi connectivity index (χ2n) is 4.36. The Morgan fingerprint density at radius 3 is 2.61 bits per heavy atom. The molecule has 0 aliphatic rings. The molecule has 0 unspecified atom stereocenters. The summed E-state index contributed by atoms with van der Waals surface area (Å²) in [5, 5.41) is 9.04. The Morgan fingerprint density at radius 1 is 1.39 bits per heavy atom. The van der Waals surface area contributed by atoms with Gasteiger partial charge in [-0.25, -0.2) is 0 Å². The maximum Gasteiger partial charge on any atom is 0.239 e. The standard InChI is InChI=1S/C14H22N2O2/c1-2-6-13(15)14(18)16(9-10-17)11-12-7-4-3-5-8-12/h3-5,7-8,13,17H,2,6,9-11,15H2,1H3/t13-/m1/s1. The van der Waals surface area contributed by atoms with Crippen molar-refractivity contribution >= 4 is 5.91 Å². The van der Waals surface area contributed by atoms with Gasteiger partial charge in [-0.3, -0.25) is 4.79 Å². The van der Waals surface area contributed by atoms with E-state index in [1.165, 1.54) is 0 Å². The molecule has 0 aliphatic carbocycles. The number of carbonyl (C=O) groups is 1. The molecule has 0 saturated heterocycles. The molecule has 3 N–H and O–H groups in total. The summed E-state index contributed by atoms with van der Waals surface area (Å²) in [4.78, 5) is 13.7. The predicted octanol–water partition coefficient (Wildman–Crippen LogP) is 1.13. The van der Waals surface area contributed by atoms with Crippen LogP contribution in [-0.4, -0.2) is 35.1 Å². The Balaban J connectivity index is 2.67. The van der Waals surface area contributed by atoms with Gasteiger partial charge in [-0.05, 0) is 12.0 Å². The van der Waals surface area contributed by atoms with Gasteiger partial charge in [0.1, 0.15) is 0 Å². The maximum atomic E-state index is 12.1. The number of rotatable bonds is 7. The first kappa shape index (κ1) is 14.7. The molecule has 0 aliphatic heterocycles. The van der Waals surface area contributed by atoms with Crippen molar-refractivity contribution in [1.29, 1.82) is 0 Å². The van der Waals surface area contributed by atoms with E-state index in [-0.39, 0.29) is 12.5 Å². The number of aliphatic hydroxyl groups is 1. The summed E-state index contributed by atoms with van der Waals surface area (Å²) in [6, 6.07) is 9.26. The van der Waals surface area contributed by atoms with Gasteiger partial charge >= 0.3 is 0 Å². The molecule has 1 rings (SSSR count). The van der Waals surface area contributed by atoms with Crippen molar-refractivity contribution in [1.82, 2.24) is 4.90 Å². The summed E-state index contributed by atoms with van der Waals surface area (Å²) in [5.74, 6) is -0.0882. The highest BCUT2D eigenvalue weighted by atomic mass is 16.3. The lowest BCUT2D eigenvalue weighted by Crippen LogP contribution is -2.44. The predicted molar refractivity (Wildman–Crippen MR) is 71.8 cm³/mol. The third-order valence-electron chi connectivity index (χ3n) is 2.81. The van der Waals surface area contributed by atoms with Crippen LogP contribution in [0.15, 0.2) is 30.3 Å². The van der Waals surface area contributed by atoms with Crippen LogP contribution in [0.2, 0.25) is 0 Å². The lowest BCUT2D eigenvalue weighted by atomic mass is 10.1. The van der Waals surface area contributed by atoms with E-state index in [2.05, 4.69) is 0 Å². The summed E-state index contributed by atoms with van der Waals surface area (Å²) >= 11 is 0. The average molecular weight is 250 g/mol. The van der Waals surface area contributed by atoms with Crippen LogP contribution in [-0.2, 0) is 11.3 Å². The van der Waals surface area contributed by atoms with Gasteiger partial charge in [0.25, 0.3) is 0 Å². The largest absolute Gasteiger partial charge is 0.395 e. The molecule has 1 aromatic rings. The fourth-order valence-electron chi connectivity index (χ4n) is 1.86. The van der Waals surface area contributed by atoms with Gasteiger partial charge in [0.15, 0.2) is 0 Å². The molecule has 0 heterocycles. The third kappa shape index (κ3) is 4.47. The van der Waals surface area contributed by atoms with E-state index >= 15 is 0 Å². The molecule has 100 valence electrons. The molecule has 0 radical (unpaired) electrons. The van der Waals surface area contributed by atoms with E-state index in [4.69, 9.17) is 10.8 Å². The van der Waals surface area contributed by atoms with E-state index in [1.54, 1.807) is 4.90 Å². The minimum Gasteiger partial charge on any atom is -0.395 e. The van der Waals surface area contributed by atoms with E-state index < -0.39 is 6.04 Å². The van der Waals surface area contributed by atoms with Gasteiger partial charge < -0.3 is 15.7 Å². The molecule has 1 amide bonds. The number of nitrogens with zero attached hydrogens (tertiary/aromatic N) is 1. The van der Waals surface area contributed by atoms with Crippen molar-refractivity contribution in [3.63, 3.8) is 0 Å². The fraction of sp³-hybridized carbons (Fsp3) is 0.500. The van der Waals surface area contributed by atoms with Gasteiger partial charge in [-0.1, -0.05) is 43.7 Å². The third-order valence-corrected chi connectivity index (χ3v) is 2.81. The van der Waals surface area contributed by atoms with Crippen molar-refractivity contribution in [2.75, 3.05) is 13.2 Å². The van der Waals surface area contributed by atoms with Crippen LogP contribution in [0, 0.1) is 0 Å². The molecule has 1 atom stereocenters. The van der Waals surface area contributed by atoms with Crippen molar-refractivity contribution in [3.05, 3.63) is 35.9 Å². The van der Waals surface area contributed by atoms with Crippen LogP contribution in [0.3, 0.4) is 0 Å². The minimum atomic E-state index is -0.467. The smallest absolute Gasteiger partial charge is 0.239 e. The van der Waals surface area contributed by atoms with Gasteiger partial charge in [-0.2, -0.15) is 0 Å². The Labute approximate surface area is 108 Å². The van der Waals surface area contributed by atoms with Crippen LogP contribution in [0.1, 0.15) is 25.3 Å². The average Bonchev–Trinajstić information content (AvgIpc) is 2.39. The van der Waals surface area contributed by atoms with Crippen molar-refractivity contribution in [2.45, 2.75) is 32.4 Å². The zero-order valence-electron chi connectivity index (χ0n) is 10.9. The summed E-state index contributed by atoms with van der Waals surface area (Å²) in [6.45, 7) is 2.78. The number of hydrogen-bond donors (Lipinski definition) is 2. The topological polar surface area (TPSA) is 66.6 Å². The quantitative estimate of drug-likeness (QED) is 0.762. The van der Waals surface area contributed by atoms with Gasteiger partial charge in [0.2, 0.25) is 5.91 Å². The number of benzene rings is 1. The lowest BCUT2D eigenvalue weighted by Gasteiger charge is -2.25. The summed E-state index contributed by atoms with van der Waals surface area (Å²) in [7, 11) is 0. The number of aliphatic hydroxyl groups excluding tert-OH is 1. The molecule has 0 bridgehead atoms. The molecule has 4 heteroatoms. The number of amides is 1. The molecule has 0 fully saturated rings. The molecule has 0 aromatic heterocycles. The summed E-state index contributed by atoms with van der Waals surface area (Å²) < 4.78 is 0. The highest BCUT2D eigenvalue weighted by Crippen LogP contribution is 2.07. The molecule has 1 aromatic carbocycles.